The van der Waals surface area contributed by atoms with E-state index in [0.717, 1.165) is 12.7 Å². The lowest BCUT2D eigenvalue weighted by atomic mass is 10.0. The molecule has 0 saturated heterocycles. The highest BCUT2D eigenvalue weighted by Crippen LogP contribution is 2.12. The molecule has 0 aromatic heterocycles. The van der Waals surface area contributed by atoms with Crippen LogP contribution in [0.1, 0.15) is 71.6 Å². The van der Waals surface area contributed by atoms with Gasteiger partial charge in [0, 0.05) is 0 Å². The van der Waals surface area contributed by atoms with Crippen molar-refractivity contribution in [1.29, 1.82) is 0 Å². The van der Waals surface area contributed by atoms with Gasteiger partial charge in [-0.25, -0.2) is 0 Å². The molecule has 0 saturated carbocycles. The number of carbonyl (C=O) groups excluding carboxylic acids is 1. The zero-order valence-electron chi connectivity index (χ0n) is 10.4. The highest BCUT2D eigenvalue weighted by atomic mass is 16.1. The van der Waals surface area contributed by atoms with Crippen molar-refractivity contribution >= 4 is 6.29 Å². The molecule has 0 atom stereocenters. The molecule has 0 aliphatic carbocycles. The standard InChI is InChI=1S/C14H26O/c1-3-4-5-6-7-8-9-10-11-14(2)12-13-15/h12-13H,3-11H2,1-2H3. The second-order valence-electron chi connectivity index (χ2n) is 4.37. The fourth-order valence-corrected chi connectivity index (χ4v) is 1.74. The average molecular weight is 210 g/mol. The van der Waals surface area contributed by atoms with Crippen LogP contribution in [-0.4, -0.2) is 6.29 Å². The summed E-state index contributed by atoms with van der Waals surface area (Å²) in [5, 5.41) is 0. The van der Waals surface area contributed by atoms with Crippen LogP contribution in [-0.2, 0) is 4.79 Å². The van der Waals surface area contributed by atoms with Crippen LogP contribution in [0.5, 0.6) is 0 Å². The van der Waals surface area contributed by atoms with Gasteiger partial charge in [0.1, 0.15) is 6.29 Å². The largest absolute Gasteiger partial charge is 0.299 e. The van der Waals surface area contributed by atoms with Gasteiger partial charge in [-0.2, -0.15) is 0 Å². The third kappa shape index (κ3) is 11.3. The summed E-state index contributed by atoms with van der Waals surface area (Å²) >= 11 is 0. The molecule has 15 heavy (non-hydrogen) atoms. The molecule has 0 spiro atoms. The number of allylic oxidation sites excluding steroid dienone is 2. The highest BCUT2D eigenvalue weighted by molar-refractivity contribution is 5.65. The van der Waals surface area contributed by atoms with Gasteiger partial charge in [-0.15, -0.1) is 0 Å². The van der Waals surface area contributed by atoms with E-state index in [1.54, 1.807) is 6.08 Å². The normalized spacial score (nSPS) is 11.7. The second kappa shape index (κ2) is 11.5. The minimum Gasteiger partial charge on any atom is -0.299 e. The van der Waals surface area contributed by atoms with Crippen LogP contribution < -0.4 is 0 Å². The first-order valence-corrected chi connectivity index (χ1v) is 6.42. The molecule has 88 valence electrons. The number of unbranched alkanes of at least 4 members (excludes halogenated alkanes) is 7. The first-order chi connectivity index (χ1) is 7.31. The first-order valence-electron chi connectivity index (χ1n) is 6.42. The van der Waals surface area contributed by atoms with Crippen molar-refractivity contribution < 1.29 is 4.79 Å². The first kappa shape index (κ1) is 14.4. The molecule has 1 nitrogen and oxygen atoms in total. The van der Waals surface area contributed by atoms with Crippen LogP contribution in [0.3, 0.4) is 0 Å². The Morgan fingerprint density at radius 3 is 2.00 bits per heavy atom. The Morgan fingerprint density at radius 1 is 0.933 bits per heavy atom. The smallest absolute Gasteiger partial charge is 0.142 e. The van der Waals surface area contributed by atoms with E-state index in [-0.39, 0.29) is 0 Å². The van der Waals surface area contributed by atoms with E-state index in [0.29, 0.717) is 0 Å². The van der Waals surface area contributed by atoms with Crippen LogP contribution in [0, 0.1) is 0 Å². The fourth-order valence-electron chi connectivity index (χ4n) is 1.74. The Morgan fingerprint density at radius 2 is 1.47 bits per heavy atom. The maximum Gasteiger partial charge on any atom is 0.142 e. The van der Waals surface area contributed by atoms with Gasteiger partial charge in [0.25, 0.3) is 0 Å². The van der Waals surface area contributed by atoms with Crippen molar-refractivity contribution in [3.8, 4) is 0 Å². The summed E-state index contributed by atoms with van der Waals surface area (Å²) in [5.74, 6) is 0. The van der Waals surface area contributed by atoms with Crippen LogP contribution in [0.25, 0.3) is 0 Å². The molecule has 0 aromatic carbocycles. The van der Waals surface area contributed by atoms with Gasteiger partial charge < -0.3 is 0 Å². The Hall–Kier alpha value is -0.590. The summed E-state index contributed by atoms with van der Waals surface area (Å²) in [6.07, 6.45) is 14.5. The number of aldehydes is 1. The molecule has 0 heterocycles. The Balaban J connectivity index is 3.11. The van der Waals surface area contributed by atoms with Gasteiger partial charge in [-0.05, 0) is 25.8 Å². The van der Waals surface area contributed by atoms with Gasteiger partial charge in [0.2, 0.25) is 0 Å². The summed E-state index contributed by atoms with van der Waals surface area (Å²) < 4.78 is 0. The lowest BCUT2D eigenvalue weighted by Gasteiger charge is -2.01. The molecular formula is C14H26O. The summed E-state index contributed by atoms with van der Waals surface area (Å²) in [4.78, 5) is 10.2. The molecule has 0 fully saturated rings. The van der Waals surface area contributed by atoms with Crippen molar-refractivity contribution in [3.05, 3.63) is 11.6 Å². The molecule has 0 unspecified atom stereocenters. The Bertz CT molecular complexity index is 170. The van der Waals surface area contributed by atoms with Crippen LogP contribution >= 0.6 is 0 Å². The topological polar surface area (TPSA) is 17.1 Å². The Kier molecular flexibility index (Phi) is 11.0. The number of rotatable bonds is 10. The average Bonchev–Trinajstić information content (AvgIpc) is 2.22. The van der Waals surface area contributed by atoms with Crippen molar-refractivity contribution in [3.63, 3.8) is 0 Å². The van der Waals surface area contributed by atoms with Crippen molar-refractivity contribution in [1.82, 2.24) is 0 Å². The lowest BCUT2D eigenvalue weighted by molar-refractivity contribution is -0.104. The molecular weight excluding hydrogens is 184 g/mol. The predicted molar refractivity (Wildman–Crippen MR) is 67.0 cm³/mol. The molecule has 1 heteroatoms. The van der Waals surface area contributed by atoms with Gasteiger partial charge in [0.05, 0.1) is 0 Å². The monoisotopic (exact) mass is 210 g/mol. The van der Waals surface area contributed by atoms with Crippen molar-refractivity contribution in [2.45, 2.75) is 71.6 Å². The Labute approximate surface area is 95.0 Å². The summed E-state index contributed by atoms with van der Waals surface area (Å²) in [7, 11) is 0. The molecule has 0 aliphatic heterocycles. The molecule has 0 N–H and O–H groups in total. The van der Waals surface area contributed by atoms with Gasteiger partial charge in [-0.3, -0.25) is 4.79 Å². The zero-order chi connectivity index (χ0) is 11.4. The fraction of sp³-hybridized carbons (Fsp3) is 0.786. The van der Waals surface area contributed by atoms with Crippen molar-refractivity contribution in [2.24, 2.45) is 0 Å². The van der Waals surface area contributed by atoms with E-state index in [1.165, 1.54) is 56.9 Å². The van der Waals surface area contributed by atoms with Gasteiger partial charge >= 0.3 is 0 Å². The minimum atomic E-state index is 0.889. The molecule has 0 rings (SSSR count). The zero-order valence-corrected chi connectivity index (χ0v) is 10.4. The second-order valence-corrected chi connectivity index (χ2v) is 4.37. The predicted octanol–water partition coefficient (Wildman–Crippen LogP) is 4.66. The number of carbonyl (C=O) groups is 1. The third-order valence-electron chi connectivity index (χ3n) is 2.78. The molecule has 0 amide bonds. The molecule has 0 bridgehead atoms. The van der Waals surface area contributed by atoms with E-state index < -0.39 is 0 Å². The molecule has 0 aromatic rings. The van der Waals surface area contributed by atoms with Crippen molar-refractivity contribution in [2.75, 3.05) is 0 Å². The van der Waals surface area contributed by atoms with Crippen LogP contribution in [0.15, 0.2) is 11.6 Å². The van der Waals surface area contributed by atoms with E-state index in [1.807, 2.05) is 6.92 Å². The quantitative estimate of drug-likeness (QED) is 0.291. The summed E-state index contributed by atoms with van der Waals surface area (Å²) in [6.45, 7) is 4.29. The number of hydrogen-bond donors (Lipinski definition) is 0. The minimum absolute atomic E-state index is 0.889. The van der Waals surface area contributed by atoms with Crippen LogP contribution in [0.4, 0.5) is 0 Å². The van der Waals surface area contributed by atoms with E-state index in [9.17, 15) is 4.79 Å². The van der Waals surface area contributed by atoms with E-state index >= 15 is 0 Å². The third-order valence-corrected chi connectivity index (χ3v) is 2.78. The van der Waals surface area contributed by atoms with E-state index in [4.69, 9.17) is 0 Å². The SMILES string of the molecule is CCCCCCCCCCC(C)=CC=O. The summed E-state index contributed by atoms with van der Waals surface area (Å²) in [6, 6.07) is 0. The number of hydrogen-bond acceptors (Lipinski definition) is 1. The van der Waals surface area contributed by atoms with Gasteiger partial charge in [0.15, 0.2) is 0 Å². The maximum absolute atomic E-state index is 10.2. The van der Waals surface area contributed by atoms with Crippen LogP contribution in [0.2, 0.25) is 0 Å². The lowest BCUT2D eigenvalue weighted by Crippen LogP contribution is -1.82. The maximum atomic E-state index is 10.2. The molecule has 0 radical (unpaired) electrons. The summed E-state index contributed by atoms with van der Waals surface area (Å²) in [5.41, 5.74) is 1.22. The van der Waals surface area contributed by atoms with Gasteiger partial charge in [-0.1, -0.05) is 57.4 Å². The highest BCUT2D eigenvalue weighted by Gasteiger charge is 1.92. The van der Waals surface area contributed by atoms with E-state index in [2.05, 4.69) is 6.92 Å². The molecule has 0 aliphatic rings.